The van der Waals surface area contributed by atoms with Gasteiger partial charge in [-0.05, 0) is 51.0 Å². The van der Waals surface area contributed by atoms with Crippen LogP contribution in [0.5, 0.6) is 0 Å². The molecule has 1 amide bonds. The number of nitrogens with two attached hydrogens (primary N) is 1. The van der Waals surface area contributed by atoms with Gasteiger partial charge in [0.1, 0.15) is 11.4 Å². The molecule has 3 N–H and O–H groups in total. The van der Waals surface area contributed by atoms with Gasteiger partial charge in [-0.1, -0.05) is 11.6 Å². The molecular formula is C14H20ClFN2O2. The molecular weight excluding hydrogens is 283 g/mol. The van der Waals surface area contributed by atoms with Gasteiger partial charge in [0.2, 0.25) is 0 Å². The van der Waals surface area contributed by atoms with E-state index in [-0.39, 0.29) is 18.8 Å². The second-order valence-corrected chi connectivity index (χ2v) is 5.96. The van der Waals surface area contributed by atoms with Gasteiger partial charge in [0.05, 0.1) is 0 Å². The van der Waals surface area contributed by atoms with Gasteiger partial charge in [-0.2, -0.15) is 0 Å². The van der Waals surface area contributed by atoms with Crippen molar-refractivity contribution in [1.82, 2.24) is 5.32 Å². The smallest absolute Gasteiger partial charge is 0.407 e. The maximum absolute atomic E-state index is 13.6. The topological polar surface area (TPSA) is 64.3 Å². The molecule has 1 unspecified atom stereocenters. The largest absolute Gasteiger partial charge is 0.444 e. The number of alkyl carbamates (subject to hydrolysis) is 1. The summed E-state index contributed by atoms with van der Waals surface area (Å²) in [5, 5.41) is 3.06. The third-order valence-corrected chi connectivity index (χ3v) is 2.71. The van der Waals surface area contributed by atoms with E-state index >= 15 is 0 Å². The molecule has 0 saturated heterocycles. The van der Waals surface area contributed by atoms with Crippen LogP contribution in [0.25, 0.3) is 0 Å². The predicted octanol–water partition coefficient (Wildman–Crippen LogP) is 2.87. The molecule has 0 aliphatic rings. The van der Waals surface area contributed by atoms with Crippen molar-refractivity contribution in [2.45, 2.75) is 38.8 Å². The summed E-state index contributed by atoms with van der Waals surface area (Å²) in [5.41, 5.74) is 5.41. The molecule has 6 heteroatoms. The maximum Gasteiger partial charge on any atom is 0.407 e. The molecule has 0 aliphatic carbocycles. The molecule has 0 saturated carbocycles. The van der Waals surface area contributed by atoms with Crippen LogP contribution in [0.2, 0.25) is 5.02 Å². The van der Waals surface area contributed by atoms with Crippen LogP contribution in [0.3, 0.4) is 0 Å². The molecule has 1 rings (SSSR count). The summed E-state index contributed by atoms with van der Waals surface area (Å²) in [6.07, 6.45) is -0.322. The Labute approximate surface area is 123 Å². The Bertz CT molecular complexity index is 475. The molecule has 1 aromatic rings. The van der Waals surface area contributed by atoms with Gasteiger partial charge in [0, 0.05) is 17.6 Å². The van der Waals surface area contributed by atoms with Crippen molar-refractivity contribution in [1.29, 1.82) is 0 Å². The fourth-order valence-electron chi connectivity index (χ4n) is 1.63. The number of carbonyl (C=O) groups is 1. The molecule has 0 heterocycles. The average Bonchev–Trinajstić information content (AvgIpc) is 2.30. The van der Waals surface area contributed by atoms with Gasteiger partial charge in [-0.25, -0.2) is 9.18 Å². The van der Waals surface area contributed by atoms with Crippen molar-refractivity contribution in [2.24, 2.45) is 5.73 Å². The molecule has 4 nitrogen and oxygen atoms in total. The van der Waals surface area contributed by atoms with Crippen molar-refractivity contribution >= 4 is 17.7 Å². The van der Waals surface area contributed by atoms with Crippen LogP contribution in [-0.2, 0) is 11.2 Å². The van der Waals surface area contributed by atoms with E-state index in [1.165, 1.54) is 18.2 Å². The van der Waals surface area contributed by atoms with Gasteiger partial charge >= 0.3 is 6.09 Å². The Kier molecular flexibility index (Phi) is 5.77. The van der Waals surface area contributed by atoms with E-state index in [0.717, 1.165) is 0 Å². The zero-order valence-electron chi connectivity index (χ0n) is 11.9. The van der Waals surface area contributed by atoms with Crippen LogP contribution in [-0.4, -0.2) is 24.3 Å². The van der Waals surface area contributed by atoms with Gasteiger partial charge in [-0.15, -0.1) is 0 Å². The molecule has 0 radical (unpaired) electrons. The number of ether oxygens (including phenoxy) is 1. The Morgan fingerprint density at radius 3 is 2.70 bits per heavy atom. The highest BCUT2D eigenvalue weighted by Crippen LogP contribution is 2.16. The Morgan fingerprint density at radius 1 is 1.50 bits per heavy atom. The van der Waals surface area contributed by atoms with E-state index in [4.69, 9.17) is 22.1 Å². The van der Waals surface area contributed by atoms with Crippen LogP contribution in [0, 0.1) is 5.82 Å². The average molecular weight is 303 g/mol. The summed E-state index contributed by atoms with van der Waals surface area (Å²) < 4.78 is 18.8. The molecule has 0 aliphatic heterocycles. The van der Waals surface area contributed by atoms with E-state index in [2.05, 4.69) is 5.32 Å². The molecule has 0 spiro atoms. The summed E-state index contributed by atoms with van der Waals surface area (Å²) in [6.45, 7) is 5.47. The number of amides is 1. The molecule has 112 valence electrons. The van der Waals surface area contributed by atoms with Gasteiger partial charge in [0.15, 0.2) is 0 Å². The van der Waals surface area contributed by atoms with Gasteiger partial charge in [-0.3, -0.25) is 0 Å². The number of rotatable bonds is 4. The second kappa shape index (κ2) is 6.90. The SMILES string of the molecule is CC(C)(C)OC(=O)NC(CN)Cc1cc(Cl)ccc1F. The summed E-state index contributed by atoms with van der Waals surface area (Å²) in [7, 11) is 0. The first-order valence-corrected chi connectivity index (χ1v) is 6.72. The summed E-state index contributed by atoms with van der Waals surface area (Å²) >= 11 is 5.83. The van der Waals surface area contributed by atoms with Gasteiger partial charge < -0.3 is 15.8 Å². The molecule has 1 atom stereocenters. The van der Waals surface area contributed by atoms with Crippen molar-refractivity contribution in [3.63, 3.8) is 0 Å². The van der Waals surface area contributed by atoms with E-state index in [1.807, 2.05) is 0 Å². The van der Waals surface area contributed by atoms with Crippen LogP contribution in [0.4, 0.5) is 9.18 Å². The zero-order valence-corrected chi connectivity index (χ0v) is 12.6. The Hall–Kier alpha value is -1.33. The number of nitrogens with one attached hydrogen (secondary N) is 1. The summed E-state index contributed by atoms with van der Waals surface area (Å²) in [4.78, 5) is 11.7. The third-order valence-electron chi connectivity index (χ3n) is 2.48. The highest BCUT2D eigenvalue weighted by atomic mass is 35.5. The highest BCUT2D eigenvalue weighted by Gasteiger charge is 2.19. The number of benzene rings is 1. The first kappa shape index (κ1) is 16.7. The van der Waals surface area contributed by atoms with Gasteiger partial charge in [0.25, 0.3) is 0 Å². The lowest BCUT2D eigenvalue weighted by Gasteiger charge is -2.23. The monoisotopic (exact) mass is 302 g/mol. The number of halogens is 2. The number of hydrogen-bond acceptors (Lipinski definition) is 3. The number of hydrogen-bond donors (Lipinski definition) is 2. The summed E-state index contributed by atoms with van der Waals surface area (Å²) in [6, 6.07) is 3.87. The molecule has 1 aromatic carbocycles. The van der Waals surface area contributed by atoms with Crippen LogP contribution in [0.15, 0.2) is 18.2 Å². The van der Waals surface area contributed by atoms with Crippen molar-refractivity contribution in [2.75, 3.05) is 6.54 Å². The minimum Gasteiger partial charge on any atom is -0.444 e. The lowest BCUT2D eigenvalue weighted by molar-refractivity contribution is 0.0505. The van der Waals surface area contributed by atoms with Crippen LogP contribution < -0.4 is 11.1 Å². The summed E-state index contributed by atoms with van der Waals surface area (Å²) in [5.74, 6) is -0.376. The second-order valence-electron chi connectivity index (χ2n) is 5.52. The fraction of sp³-hybridized carbons (Fsp3) is 0.500. The normalized spacial score (nSPS) is 12.9. The first-order chi connectivity index (χ1) is 9.21. The Morgan fingerprint density at radius 2 is 2.15 bits per heavy atom. The minimum absolute atomic E-state index is 0.172. The number of carbonyl (C=O) groups excluding carboxylic acids is 1. The first-order valence-electron chi connectivity index (χ1n) is 6.35. The predicted molar refractivity (Wildman–Crippen MR) is 77.3 cm³/mol. The third kappa shape index (κ3) is 5.75. The lowest BCUT2D eigenvalue weighted by atomic mass is 10.1. The standard InChI is InChI=1S/C14H20ClFN2O2/c1-14(2,3)20-13(19)18-11(8-17)7-9-6-10(15)4-5-12(9)16/h4-6,11H,7-8,17H2,1-3H3,(H,18,19). The molecule has 20 heavy (non-hydrogen) atoms. The lowest BCUT2D eigenvalue weighted by Crippen LogP contribution is -2.44. The van der Waals surface area contributed by atoms with Crippen molar-refractivity contribution in [3.05, 3.63) is 34.6 Å². The maximum atomic E-state index is 13.6. The van der Waals surface area contributed by atoms with E-state index < -0.39 is 17.7 Å². The molecule has 0 fully saturated rings. The van der Waals surface area contributed by atoms with Crippen molar-refractivity contribution < 1.29 is 13.9 Å². The molecule has 0 aromatic heterocycles. The van der Waals surface area contributed by atoms with E-state index in [0.29, 0.717) is 10.6 Å². The van der Waals surface area contributed by atoms with E-state index in [1.54, 1.807) is 20.8 Å². The molecule has 0 bridgehead atoms. The fourth-order valence-corrected chi connectivity index (χ4v) is 1.83. The minimum atomic E-state index is -0.593. The highest BCUT2D eigenvalue weighted by molar-refractivity contribution is 6.30. The van der Waals surface area contributed by atoms with Crippen LogP contribution >= 0.6 is 11.6 Å². The van der Waals surface area contributed by atoms with E-state index in [9.17, 15) is 9.18 Å². The Balaban J connectivity index is 2.68. The van der Waals surface area contributed by atoms with Crippen LogP contribution in [0.1, 0.15) is 26.3 Å². The quantitative estimate of drug-likeness (QED) is 0.899. The zero-order chi connectivity index (χ0) is 15.3. The van der Waals surface area contributed by atoms with Crippen molar-refractivity contribution in [3.8, 4) is 0 Å².